The Balaban J connectivity index is 1.04. The van der Waals surface area contributed by atoms with Crippen molar-refractivity contribution in [1.82, 2.24) is 19.1 Å². The first-order valence-corrected chi connectivity index (χ1v) is 18.3. The molecule has 3 heterocycles. The maximum atomic E-state index is 5.29. The van der Waals surface area contributed by atoms with Crippen LogP contribution in [0.4, 0.5) is 0 Å². The van der Waals surface area contributed by atoms with E-state index in [1.54, 1.807) is 0 Å². The van der Waals surface area contributed by atoms with Gasteiger partial charge in [0.2, 0.25) is 0 Å². The molecule has 0 fully saturated rings. The van der Waals surface area contributed by atoms with Crippen molar-refractivity contribution in [2.75, 3.05) is 0 Å². The summed E-state index contributed by atoms with van der Waals surface area (Å²) >= 11 is 0. The van der Waals surface area contributed by atoms with Gasteiger partial charge >= 0.3 is 0 Å². The molecule has 0 aliphatic carbocycles. The predicted molar refractivity (Wildman–Crippen MR) is 225 cm³/mol. The third-order valence-corrected chi connectivity index (χ3v) is 10.7. The number of benzene rings is 8. The predicted octanol–water partition coefficient (Wildman–Crippen LogP) is 12.8. The number of aromatic nitrogens is 4. The normalized spacial score (nSPS) is 11.7. The van der Waals surface area contributed by atoms with E-state index in [0.29, 0.717) is 5.82 Å². The van der Waals surface area contributed by atoms with Crippen LogP contribution in [0.25, 0.3) is 99.5 Å². The van der Waals surface area contributed by atoms with E-state index < -0.39 is 0 Å². The molecule has 0 saturated carbocycles. The van der Waals surface area contributed by atoms with Gasteiger partial charge in [0.05, 0.1) is 27.8 Å². The quantitative estimate of drug-likeness (QED) is 0.180. The number of nitrogens with zero attached hydrogens (tertiary/aromatic N) is 4. The molecule has 0 radical (unpaired) electrons. The first-order chi connectivity index (χ1) is 26.7. The van der Waals surface area contributed by atoms with Gasteiger partial charge in [-0.05, 0) is 82.6 Å². The molecule has 0 aliphatic rings. The van der Waals surface area contributed by atoms with Crippen LogP contribution in [-0.2, 0) is 0 Å². The zero-order valence-corrected chi connectivity index (χ0v) is 29.3. The Morgan fingerprint density at radius 2 is 1.07 bits per heavy atom. The van der Waals surface area contributed by atoms with Crippen LogP contribution in [0.15, 0.2) is 194 Å². The van der Waals surface area contributed by atoms with Crippen LogP contribution in [-0.4, -0.2) is 19.1 Å². The van der Waals surface area contributed by atoms with Crippen molar-refractivity contribution in [3.8, 4) is 45.1 Å². The molecule has 0 N–H and O–H groups in total. The summed E-state index contributed by atoms with van der Waals surface area (Å²) in [6, 6.07) is 67.0. The van der Waals surface area contributed by atoms with Crippen LogP contribution in [0.5, 0.6) is 0 Å². The molecule has 0 unspecified atom stereocenters. The Bertz CT molecular complexity index is 3210. The third-order valence-electron chi connectivity index (χ3n) is 10.7. The molecule has 252 valence electrons. The first kappa shape index (κ1) is 30.3. The largest absolute Gasteiger partial charge is 0.316 e. The van der Waals surface area contributed by atoms with Crippen molar-refractivity contribution < 1.29 is 0 Å². The van der Waals surface area contributed by atoms with Gasteiger partial charge in [0.1, 0.15) is 0 Å². The van der Waals surface area contributed by atoms with Gasteiger partial charge in [-0.3, -0.25) is 0 Å². The maximum absolute atomic E-state index is 5.29. The van der Waals surface area contributed by atoms with Gasteiger partial charge in [0, 0.05) is 50.2 Å². The second-order valence-corrected chi connectivity index (χ2v) is 13.9. The lowest BCUT2D eigenvalue weighted by Crippen LogP contribution is -1.98. The van der Waals surface area contributed by atoms with E-state index in [0.717, 1.165) is 50.1 Å². The Kier molecular flexibility index (Phi) is 6.82. The van der Waals surface area contributed by atoms with Gasteiger partial charge in [-0.25, -0.2) is 9.97 Å². The van der Waals surface area contributed by atoms with E-state index in [-0.39, 0.29) is 0 Å². The number of hydrogen-bond acceptors (Lipinski definition) is 2. The Morgan fingerprint density at radius 3 is 1.96 bits per heavy atom. The topological polar surface area (TPSA) is 35.6 Å². The minimum atomic E-state index is 0.699. The molecule has 0 aliphatic heterocycles. The second-order valence-electron chi connectivity index (χ2n) is 13.9. The molecule has 3 aromatic heterocycles. The Hall–Kier alpha value is -7.30. The zero-order chi connectivity index (χ0) is 35.6. The molecular formula is C50H32N4. The molecule has 0 amide bonds. The van der Waals surface area contributed by atoms with Crippen molar-refractivity contribution in [1.29, 1.82) is 0 Å². The molecule has 11 rings (SSSR count). The van der Waals surface area contributed by atoms with E-state index in [9.17, 15) is 0 Å². The summed E-state index contributed by atoms with van der Waals surface area (Å²) in [5.41, 5.74) is 11.9. The van der Waals surface area contributed by atoms with Crippen molar-refractivity contribution in [3.05, 3.63) is 194 Å². The number of hydrogen-bond donors (Lipinski definition) is 0. The number of fused-ring (bicyclic) bond motifs is 6. The fourth-order valence-electron chi connectivity index (χ4n) is 8.09. The highest BCUT2D eigenvalue weighted by Crippen LogP contribution is 2.37. The summed E-state index contributed by atoms with van der Waals surface area (Å²) in [5, 5.41) is 7.18. The van der Waals surface area contributed by atoms with Crippen LogP contribution in [0.1, 0.15) is 0 Å². The van der Waals surface area contributed by atoms with Crippen molar-refractivity contribution in [2.24, 2.45) is 0 Å². The summed E-state index contributed by atoms with van der Waals surface area (Å²) in [4.78, 5) is 10.4. The Labute approximate surface area is 311 Å². The van der Waals surface area contributed by atoms with E-state index in [1.165, 1.54) is 43.6 Å². The third kappa shape index (κ3) is 4.92. The van der Waals surface area contributed by atoms with Crippen molar-refractivity contribution in [2.45, 2.75) is 0 Å². The molecule has 0 bridgehead atoms. The summed E-state index contributed by atoms with van der Waals surface area (Å²) in [5.74, 6) is 0.699. The van der Waals surface area contributed by atoms with Gasteiger partial charge in [-0.2, -0.15) is 0 Å². The minimum absolute atomic E-state index is 0.699. The van der Waals surface area contributed by atoms with Crippen LogP contribution in [0.3, 0.4) is 0 Å². The second kappa shape index (κ2) is 12.1. The lowest BCUT2D eigenvalue weighted by atomic mass is 9.98. The minimum Gasteiger partial charge on any atom is -0.316 e. The molecule has 0 saturated heterocycles. The van der Waals surface area contributed by atoms with Gasteiger partial charge in [0.25, 0.3) is 0 Å². The van der Waals surface area contributed by atoms with Gasteiger partial charge in [-0.15, -0.1) is 0 Å². The summed E-state index contributed by atoms with van der Waals surface area (Å²) < 4.78 is 4.65. The van der Waals surface area contributed by atoms with Crippen molar-refractivity contribution >= 4 is 54.4 Å². The SMILES string of the molecule is c1ccc(-n2ccc3cc4c5ccccc5n(-c5cccc(-c6nc(-c7ccc(-c8ccc9ccccc9c8)cc7)c7ccccc7n6)c5)c4cc32)cc1. The molecule has 54 heavy (non-hydrogen) atoms. The van der Waals surface area contributed by atoms with Crippen LogP contribution < -0.4 is 0 Å². The summed E-state index contributed by atoms with van der Waals surface area (Å²) in [6.07, 6.45) is 2.16. The lowest BCUT2D eigenvalue weighted by molar-refractivity contribution is 1.12. The van der Waals surface area contributed by atoms with Crippen LogP contribution in [0.2, 0.25) is 0 Å². The first-order valence-electron chi connectivity index (χ1n) is 18.3. The highest BCUT2D eigenvalue weighted by Gasteiger charge is 2.17. The highest BCUT2D eigenvalue weighted by atomic mass is 15.0. The van der Waals surface area contributed by atoms with Gasteiger partial charge in [0.15, 0.2) is 5.82 Å². The molecule has 4 nitrogen and oxygen atoms in total. The van der Waals surface area contributed by atoms with E-state index in [4.69, 9.17) is 9.97 Å². The van der Waals surface area contributed by atoms with Gasteiger partial charge in [-0.1, -0.05) is 127 Å². The zero-order valence-electron chi connectivity index (χ0n) is 29.3. The fourth-order valence-corrected chi connectivity index (χ4v) is 8.09. The molecule has 11 aromatic rings. The van der Waals surface area contributed by atoms with E-state index >= 15 is 0 Å². The highest BCUT2D eigenvalue weighted by molar-refractivity contribution is 6.13. The fraction of sp³-hybridized carbons (Fsp3) is 0. The number of para-hydroxylation sites is 3. The van der Waals surface area contributed by atoms with Crippen molar-refractivity contribution in [3.63, 3.8) is 0 Å². The van der Waals surface area contributed by atoms with Gasteiger partial charge < -0.3 is 9.13 Å². The maximum Gasteiger partial charge on any atom is 0.160 e. The molecule has 0 atom stereocenters. The standard InChI is InChI=1S/C50H32N4/c1-2-14-40(15-3-1)53-28-27-38-31-44-42-17-7-9-20-46(42)54(48(44)32-47(38)53)41-16-10-13-39(30-41)50-51-45-19-8-6-18-43(45)49(52-50)35-24-21-34(22-25-35)37-26-23-33-11-4-5-12-36(33)29-37/h1-32H. The smallest absolute Gasteiger partial charge is 0.160 e. The number of rotatable bonds is 5. The average molecular weight is 689 g/mol. The van der Waals surface area contributed by atoms with Crippen LogP contribution >= 0.6 is 0 Å². The van der Waals surface area contributed by atoms with Crippen LogP contribution in [0, 0.1) is 0 Å². The lowest BCUT2D eigenvalue weighted by Gasteiger charge is -2.13. The monoisotopic (exact) mass is 688 g/mol. The molecular weight excluding hydrogens is 657 g/mol. The summed E-state index contributed by atoms with van der Waals surface area (Å²) in [7, 11) is 0. The molecule has 0 spiro atoms. The average Bonchev–Trinajstić information content (AvgIpc) is 3.81. The van der Waals surface area contributed by atoms with E-state index in [2.05, 4.69) is 197 Å². The molecule has 8 aromatic carbocycles. The molecule has 4 heteroatoms. The van der Waals surface area contributed by atoms with E-state index in [1.807, 2.05) is 6.07 Å². The Morgan fingerprint density at radius 1 is 0.352 bits per heavy atom. The summed E-state index contributed by atoms with van der Waals surface area (Å²) in [6.45, 7) is 0.